The molecule has 0 atom stereocenters. The van der Waals surface area contributed by atoms with Crippen LogP contribution in [-0.2, 0) is 17.6 Å². The molecule has 0 fully saturated rings. The van der Waals surface area contributed by atoms with Crippen LogP contribution in [0, 0.1) is 0 Å². The van der Waals surface area contributed by atoms with Gasteiger partial charge in [-0.1, -0.05) is 63.3 Å². The summed E-state index contributed by atoms with van der Waals surface area (Å²) >= 11 is 5.36. The molecule has 0 bridgehead atoms. The fourth-order valence-corrected chi connectivity index (χ4v) is 2.25. The predicted octanol–water partition coefficient (Wildman–Crippen LogP) is 4.90. The zero-order valence-electron chi connectivity index (χ0n) is 11.3. The van der Waals surface area contributed by atoms with E-state index in [1.165, 1.54) is 44.1 Å². The zero-order chi connectivity index (χ0) is 13.2. The molecule has 0 spiro atoms. The fraction of sp³-hybridized carbons (Fsp3) is 0.562. The van der Waals surface area contributed by atoms with Crippen LogP contribution in [0.15, 0.2) is 24.3 Å². The fourth-order valence-electron chi connectivity index (χ4n) is 2.09. The largest absolute Gasteiger partial charge is 0.281 e. The van der Waals surface area contributed by atoms with E-state index >= 15 is 0 Å². The lowest BCUT2D eigenvalue weighted by atomic mass is 10.0. The molecular formula is C16H23ClO. The van der Waals surface area contributed by atoms with Gasteiger partial charge in [0.05, 0.1) is 0 Å². The monoisotopic (exact) mass is 266 g/mol. The predicted molar refractivity (Wildman–Crippen MR) is 78.1 cm³/mol. The van der Waals surface area contributed by atoms with E-state index in [0.29, 0.717) is 6.42 Å². The average Bonchev–Trinajstić information content (AvgIpc) is 2.35. The number of hydrogen-bond donors (Lipinski definition) is 0. The lowest BCUT2D eigenvalue weighted by Crippen LogP contribution is -1.94. The van der Waals surface area contributed by atoms with Gasteiger partial charge in [-0.3, -0.25) is 4.79 Å². The molecule has 1 rings (SSSR count). The number of unbranched alkanes of at least 4 members (excludes halogenated alkanes) is 5. The number of carbonyl (C=O) groups is 1. The number of halogens is 1. The van der Waals surface area contributed by atoms with E-state index in [0.717, 1.165) is 12.0 Å². The molecule has 0 aliphatic heterocycles. The highest BCUT2D eigenvalue weighted by Gasteiger charge is 2.00. The first-order valence-corrected chi connectivity index (χ1v) is 7.36. The van der Waals surface area contributed by atoms with Crippen molar-refractivity contribution in [3.05, 3.63) is 35.4 Å². The molecular weight excluding hydrogens is 244 g/mol. The highest BCUT2D eigenvalue weighted by atomic mass is 35.5. The van der Waals surface area contributed by atoms with Gasteiger partial charge in [-0.2, -0.15) is 0 Å². The van der Waals surface area contributed by atoms with Gasteiger partial charge in [-0.05, 0) is 35.6 Å². The molecule has 2 heteroatoms. The Hall–Kier alpha value is -0.820. The first-order valence-electron chi connectivity index (χ1n) is 6.98. The Morgan fingerprint density at radius 3 is 2.11 bits per heavy atom. The van der Waals surface area contributed by atoms with E-state index < -0.39 is 0 Å². The second kappa shape index (κ2) is 9.16. The third-order valence-electron chi connectivity index (χ3n) is 3.19. The molecule has 1 nitrogen and oxygen atoms in total. The van der Waals surface area contributed by atoms with Crippen molar-refractivity contribution in [2.75, 3.05) is 0 Å². The summed E-state index contributed by atoms with van der Waals surface area (Å²) in [5.74, 6) is 0. The summed E-state index contributed by atoms with van der Waals surface area (Å²) in [7, 11) is 0. The maximum absolute atomic E-state index is 10.8. The number of hydrogen-bond acceptors (Lipinski definition) is 1. The van der Waals surface area contributed by atoms with Crippen molar-refractivity contribution in [3.8, 4) is 0 Å². The summed E-state index contributed by atoms with van der Waals surface area (Å²) in [5.41, 5.74) is 2.36. The summed E-state index contributed by atoms with van der Waals surface area (Å²) in [6.45, 7) is 2.24. The van der Waals surface area contributed by atoms with Crippen molar-refractivity contribution in [1.29, 1.82) is 0 Å². The molecule has 1 aromatic carbocycles. The van der Waals surface area contributed by atoms with Gasteiger partial charge in [0.25, 0.3) is 0 Å². The van der Waals surface area contributed by atoms with Crippen LogP contribution in [0.25, 0.3) is 0 Å². The van der Waals surface area contributed by atoms with Crippen LogP contribution < -0.4 is 0 Å². The minimum Gasteiger partial charge on any atom is -0.281 e. The highest BCUT2D eigenvalue weighted by Crippen LogP contribution is 2.11. The van der Waals surface area contributed by atoms with Crippen LogP contribution in [0.4, 0.5) is 0 Å². The van der Waals surface area contributed by atoms with E-state index in [9.17, 15) is 4.79 Å². The van der Waals surface area contributed by atoms with Gasteiger partial charge in [-0.15, -0.1) is 0 Å². The van der Waals surface area contributed by atoms with Gasteiger partial charge in [0.15, 0.2) is 0 Å². The molecule has 0 aliphatic carbocycles. The Morgan fingerprint density at radius 1 is 0.944 bits per heavy atom. The summed E-state index contributed by atoms with van der Waals surface area (Å²) in [6.07, 6.45) is 9.45. The number of benzene rings is 1. The second-order valence-electron chi connectivity index (χ2n) is 4.87. The SMILES string of the molecule is CCCCCCCCc1ccc(CC(=O)Cl)cc1. The highest BCUT2D eigenvalue weighted by molar-refractivity contribution is 6.63. The smallest absolute Gasteiger partial charge is 0.226 e. The van der Waals surface area contributed by atoms with Crippen LogP contribution in [-0.4, -0.2) is 5.24 Å². The molecule has 0 saturated carbocycles. The average molecular weight is 267 g/mol. The Bertz CT molecular complexity index is 343. The summed E-state index contributed by atoms with van der Waals surface area (Å²) in [6, 6.07) is 8.24. The van der Waals surface area contributed by atoms with Gasteiger partial charge < -0.3 is 0 Å². The van der Waals surface area contributed by atoms with E-state index in [-0.39, 0.29) is 5.24 Å². The molecule has 1 aromatic rings. The molecule has 18 heavy (non-hydrogen) atoms. The molecule has 0 saturated heterocycles. The molecule has 0 radical (unpaired) electrons. The molecule has 0 N–H and O–H groups in total. The minimum atomic E-state index is -0.293. The third kappa shape index (κ3) is 6.80. The maximum Gasteiger partial charge on any atom is 0.226 e. The van der Waals surface area contributed by atoms with Crippen molar-refractivity contribution in [1.82, 2.24) is 0 Å². The van der Waals surface area contributed by atoms with E-state index in [1.54, 1.807) is 0 Å². The van der Waals surface area contributed by atoms with Gasteiger partial charge in [-0.25, -0.2) is 0 Å². The first-order chi connectivity index (χ1) is 8.72. The Balaban J connectivity index is 2.20. The van der Waals surface area contributed by atoms with Crippen molar-refractivity contribution in [2.45, 2.75) is 58.3 Å². The van der Waals surface area contributed by atoms with Crippen LogP contribution in [0.5, 0.6) is 0 Å². The zero-order valence-corrected chi connectivity index (χ0v) is 12.0. The Morgan fingerprint density at radius 2 is 1.50 bits per heavy atom. The van der Waals surface area contributed by atoms with Crippen LogP contribution in [0.3, 0.4) is 0 Å². The van der Waals surface area contributed by atoms with Crippen molar-refractivity contribution < 1.29 is 4.79 Å². The van der Waals surface area contributed by atoms with Crippen LogP contribution in [0.2, 0.25) is 0 Å². The minimum absolute atomic E-state index is 0.293. The standard InChI is InChI=1S/C16H23ClO/c1-2-3-4-5-6-7-8-14-9-11-15(12-10-14)13-16(17)18/h9-12H,2-8,13H2,1H3. The normalized spacial score (nSPS) is 10.6. The number of aryl methyl sites for hydroxylation is 1. The van der Waals surface area contributed by atoms with E-state index in [1.807, 2.05) is 12.1 Å². The molecule has 0 unspecified atom stereocenters. The van der Waals surface area contributed by atoms with Crippen molar-refractivity contribution in [3.63, 3.8) is 0 Å². The third-order valence-corrected chi connectivity index (χ3v) is 3.32. The summed E-state index contributed by atoms with van der Waals surface area (Å²) in [4.78, 5) is 10.8. The lowest BCUT2D eigenvalue weighted by molar-refractivity contribution is -0.111. The number of rotatable bonds is 9. The van der Waals surface area contributed by atoms with Crippen LogP contribution in [0.1, 0.15) is 56.6 Å². The molecule has 0 aromatic heterocycles. The van der Waals surface area contributed by atoms with Gasteiger partial charge >= 0.3 is 0 Å². The molecule has 0 heterocycles. The summed E-state index contributed by atoms with van der Waals surface area (Å²) < 4.78 is 0. The Labute approximate surface area is 116 Å². The summed E-state index contributed by atoms with van der Waals surface area (Å²) in [5, 5.41) is -0.293. The topological polar surface area (TPSA) is 17.1 Å². The maximum atomic E-state index is 10.8. The van der Waals surface area contributed by atoms with Gasteiger partial charge in [0.1, 0.15) is 0 Å². The lowest BCUT2D eigenvalue weighted by Gasteiger charge is -2.03. The molecule has 100 valence electrons. The Kier molecular flexibility index (Phi) is 7.75. The van der Waals surface area contributed by atoms with E-state index in [2.05, 4.69) is 19.1 Å². The quantitative estimate of drug-likeness (QED) is 0.459. The van der Waals surface area contributed by atoms with Crippen molar-refractivity contribution >= 4 is 16.8 Å². The molecule has 0 amide bonds. The van der Waals surface area contributed by atoms with E-state index in [4.69, 9.17) is 11.6 Å². The van der Waals surface area contributed by atoms with Crippen LogP contribution >= 0.6 is 11.6 Å². The van der Waals surface area contributed by atoms with Crippen molar-refractivity contribution in [2.24, 2.45) is 0 Å². The second-order valence-corrected chi connectivity index (χ2v) is 5.29. The first kappa shape index (κ1) is 15.2. The van der Waals surface area contributed by atoms with Gasteiger partial charge in [0, 0.05) is 6.42 Å². The van der Waals surface area contributed by atoms with Gasteiger partial charge in [0.2, 0.25) is 5.24 Å². The number of carbonyl (C=O) groups excluding carboxylic acids is 1. The molecule has 0 aliphatic rings.